The van der Waals surface area contributed by atoms with Gasteiger partial charge in [0.2, 0.25) is 10.0 Å². The van der Waals surface area contributed by atoms with Gasteiger partial charge in [-0.1, -0.05) is 6.07 Å². The van der Waals surface area contributed by atoms with Gasteiger partial charge in [0.1, 0.15) is 0 Å². The van der Waals surface area contributed by atoms with Gasteiger partial charge in [-0.05, 0) is 56.1 Å². The van der Waals surface area contributed by atoms with E-state index in [9.17, 15) is 13.2 Å². The molecule has 1 aromatic carbocycles. The largest absolute Gasteiger partial charge is 0.350 e. The first kappa shape index (κ1) is 22.6. The third kappa shape index (κ3) is 6.69. The van der Waals surface area contributed by atoms with Gasteiger partial charge >= 0.3 is 0 Å². The average molecular weight is 418 g/mol. The van der Waals surface area contributed by atoms with Crippen molar-refractivity contribution in [3.8, 4) is 0 Å². The maximum Gasteiger partial charge on any atom is 0.251 e. The summed E-state index contributed by atoms with van der Waals surface area (Å²) >= 11 is 1.60. The Balaban J connectivity index is 0.00000338. The Morgan fingerprint density at radius 3 is 2.46 bits per heavy atom. The van der Waals surface area contributed by atoms with Crippen LogP contribution >= 0.6 is 23.7 Å². The van der Waals surface area contributed by atoms with Gasteiger partial charge in [-0.15, -0.1) is 23.7 Å². The molecule has 1 atom stereocenters. The fraction of sp³-hybridized carbons (Fsp3) is 0.353. The third-order valence-electron chi connectivity index (χ3n) is 3.73. The van der Waals surface area contributed by atoms with Crippen molar-refractivity contribution >= 4 is 39.7 Å². The number of halogens is 1. The molecule has 0 saturated carbocycles. The molecule has 2 aromatic rings. The minimum absolute atomic E-state index is 0. The summed E-state index contributed by atoms with van der Waals surface area (Å²) in [5.74, 6) is -0.225. The fourth-order valence-corrected chi connectivity index (χ4v) is 3.82. The maximum absolute atomic E-state index is 12.3. The van der Waals surface area contributed by atoms with Gasteiger partial charge in [0.05, 0.1) is 4.90 Å². The fourth-order valence-electron chi connectivity index (χ4n) is 2.08. The molecule has 1 amide bonds. The van der Waals surface area contributed by atoms with Crippen LogP contribution in [0.15, 0.2) is 46.7 Å². The normalized spacial score (nSPS) is 12.2. The summed E-state index contributed by atoms with van der Waals surface area (Å²) in [5.41, 5.74) is 0.431. The Hall–Kier alpha value is -1.45. The van der Waals surface area contributed by atoms with E-state index in [1.54, 1.807) is 11.3 Å². The lowest BCUT2D eigenvalue weighted by Crippen LogP contribution is -2.37. The highest BCUT2D eigenvalue weighted by molar-refractivity contribution is 7.89. The van der Waals surface area contributed by atoms with Gasteiger partial charge in [0, 0.05) is 29.6 Å². The second-order valence-corrected chi connectivity index (χ2v) is 8.45. The number of sulfonamides is 1. The van der Waals surface area contributed by atoms with Crippen LogP contribution in [0.25, 0.3) is 0 Å². The molecule has 1 unspecified atom stereocenters. The molecular weight excluding hydrogens is 394 g/mol. The Bertz CT molecular complexity index is 778. The van der Waals surface area contributed by atoms with Crippen molar-refractivity contribution in [2.75, 3.05) is 20.1 Å². The SMILES string of the molecule is CNC(C)CNC(=O)c1ccc(S(=O)(=O)NCCc2cccs2)cc1.Cl. The highest BCUT2D eigenvalue weighted by Gasteiger charge is 2.15. The molecule has 1 aromatic heterocycles. The van der Waals surface area contributed by atoms with Crippen molar-refractivity contribution in [2.24, 2.45) is 0 Å². The van der Waals surface area contributed by atoms with Crippen LogP contribution in [0.4, 0.5) is 0 Å². The molecule has 2 rings (SSSR count). The second kappa shape index (κ2) is 10.6. The van der Waals surface area contributed by atoms with Crippen LogP contribution in [-0.4, -0.2) is 40.5 Å². The van der Waals surface area contributed by atoms with E-state index >= 15 is 0 Å². The molecule has 0 fully saturated rings. The van der Waals surface area contributed by atoms with E-state index in [-0.39, 0.29) is 29.3 Å². The van der Waals surface area contributed by atoms with E-state index in [0.717, 1.165) is 4.88 Å². The van der Waals surface area contributed by atoms with Gasteiger partial charge in [-0.2, -0.15) is 0 Å². The lowest BCUT2D eigenvalue weighted by Gasteiger charge is -2.11. The number of hydrogen-bond donors (Lipinski definition) is 3. The number of hydrogen-bond acceptors (Lipinski definition) is 5. The summed E-state index contributed by atoms with van der Waals surface area (Å²) in [6, 6.07) is 10.0. The Labute approximate surface area is 164 Å². The smallest absolute Gasteiger partial charge is 0.251 e. The lowest BCUT2D eigenvalue weighted by molar-refractivity contribution is 0.0950. The van der Waals surface area contributed by atoms with Gasteiger partial charge in [-0.3, -0.25) is 4.79 Å². The number of benzene rings is 1. The summed E-state index contributed by atoms with van der Waals surface area (Å²) in [4.78, 5) is 13.3. The second-order valence-electron chi connectivity index (χ2n) is 5.65. The van der Waals surface area contributed by atoms with E-state index in [1.807, 2.05) is 31.5 Å². The van der Waals surface area contributed by atoms with Crippen LogP contribution in [0.5, 0.6) is 0 Å². The number of carbonyl (C=O) groups is 1. The van der Waals surface area contributed by atoms with Crippen molar-refractivity contribution in [2.45, 2.75) is 24.3 Å². The zero-order chi connectivity index (χ0) is 18.3. The molecule has 0 aliphatic carbocycles. The van der Waals surface area contributed by atoms with E-state index in [1.165, 1.54) is 24.3 Å². The average Bonchev–Trinajstić information content (AvgIpc) is 3.12. The number of nitrogens with one attached hydrogen (secondary N) is 3. The van der Waals surface area contributed by atoms with Crippen LogP contribution < -0.4 is 15.4 Å². The number of amides is 1. The monoisotopic (exact) mass is 417 g/mol. The summed E-state index contributed by atoms with van der Waals surface area (Å²) < 4.78 is 27.1. The van der Waals surface area contributed by atoms with Gasteiger partial charge < -0.3 is 10.6 Å². The topological polar surface area (TPSA) is 87.3 Å². The lowest BCUT2D eigenvalue weighted by atomic mass is 10.2. The summed E-state index contributed by atoms with van der Waals surface area (Å²) in [6.07, 6.45) is 0.654. The summed E-state index contributed by atoms with van der Waals surface area (Å²) in [5, 5.41) is 7.78. The Morgan fingerprint density at radius 2 is 1.88 bits per heavy atom. The molecule has 3 N–H and O–H groups in total. The molecule has 0 spiro atoms. The minimum atomic E-state index is -3.57. The standard InChI is InChI=1S/C17H23N3O3S2.ClH/c1-13(18-2)12-19-17(21)14-5-7-16(8-6-14)25(22,23)20-10-9-15-4-3-11-24-15;/h3-8,11,13,18,20H,9-10,12H2,1-2H3,(H,19,21);1H. The van der Waals surface area contributed by atoms with Crippen LogP contribution in [0, 0.1) is 0 Å². The molecule has 0 bridgehead atoms. The molecule has 26 heavy (non-hydrogen) atoms. The van der Waals surface area contributed by atoms with E-state index < -0.39 is 10.0 Å². The highest BCUT2D eigenvalue weighted by atomic mass is 35.5. The van der Waals surface area contributed by atoms with Gasteiger partial charge in [-0.25, -0.2) is 13.1 Å². The number of thiophene rings is 1. The first-order valence-corrected chi connectivity index (χ1v) is 10.4. The predicted molar refractivity (Wildman–Crippen MR) is 108 cm³/mol. The number of carbonyl (C=O) groups excluding carboxylic acids is 1. The quantitative estimate of drug-likeness (QED) is 0.582. The van der Waals surface area contributed by atoms with Gasteiger partial charge in [0.25, 0.3) is 5.91 Å². The number of likely N-dealkylation sites (N-methyl/N-ethyl adjacent to an activating group) is 1. The van der Waals surface area contributed by atoms with Crippen LogP contribution in [0.3, 0.4) is 0 Å². The molecule has 0 aliphatic rings. The van der Waals surface area contributed by atoms with Crippen LogP contribution in [-0.2, 0) is 16.4 Å². The third-order valence-corrected chi connectivity index (χ3v) is 6.15. The summed E-state index contributed by atoms with van der Waals surface area (Å²) in [7, 11) is -1.75. The first-order valence-electron chi connectivity index (χ1n) is 8.00. The van der Waals surface area contributed by atoms with E-state index in [2.05, 4.69) is 15.4 Å². The number of rotatable bonds is 9. The molecule has 0 aliphatic heterocycles. The van der Waals surface area contributed by atoms with Gasteiger partial charge in [0.15, 0.2) is 0 Å². The summed E-state index contributed by atoms with van der Waals surface area (Å²) in [6.45, 7) is 2.80. The highest BCUT2D eigenvalue weighted by Crippen LogP contribution is 2.12. The van der Waals surface area contributed by atoms with Crippen molar-refractivity contribution < 1.29 is 13.2 Å². The van der Waals surface area contributed by atoms with E-state index in [4.69, 9.17) is 0 Å². The Morgan fingerprint density at radius 1 is 1.19 bits per heavy atom. The zero-order valence-corrected chi connectivity index (χ0v) is 17.1. The van der Waals surface area contributed by atoms with Crippen molar-refractivity contribution in [3.63, 3.8) is 0 Å². The molecule has 6 nitrogen and oxygen atoms in total. The molecule has 9 heteroatoms. The predicted octanol–water partition coefficient (Wildman–Crippen LogP) is 2.03. The Kier molecular flexibility index (Phi) is 9.24. The molecule has 0 radical (unpaired) electrons. The molecule has 0 saturated heterocycles. The van der Waals surface area contributed by atoms with Crippen molar-refractivity contribution in [1.29, 1.82) is 0 Å². The maximum atomic E-state index is 12.3. The minimum Gasteiger partial charge on any atom is -0.350 e. The molecule has 144 valence electrons. The van der Waals surface area contributed by atoms with Crippen molar-refractivity contribution in [3.05, 3.63) is 52.2 Å². The molecule has 1 heterocycles. The first-order chi connectivity index (χ1) is 11.9. The van der Waals surface area contributed by atoms with Crippen LogP contribution in [0.1, 0.15) is 22.2 Å². The van der Waals surface area contributed by atoms with Crippen molar-refractivity contribution in [1.82, 2.24) is 15.4 Å². The zero-order valence-electron chi connectivity index (χ0n) is 14.7. The van der Waals surface area contributed by atoms with E-state index in [0.29, 0.717) is 25.1 Å². The van der Waals surface area contributed by atoms with Crippen LogP contribution in [0.2, 0.25) is 0 Å². The molecular formula is C17H24ClN3O3S2.